The number of aliphatic hydroxyl groups is 1. The molecule has 0 radical (unpaired) electrons. The summed E-state index contributed by atoms with van der Waals surface area (Å²) >= 11 is 3.48. The lowest BCUT2D eigenvalue weighted by molar-refractivity contribution is 0.239. The van der Waals surface area contributed by atoms with Crippen LogP contribution in [0.25, 0.3) is 0 Å². The third-order valence-electron chi connectivity index (χ3n) is 2.37. The van der Waals surface area contributed by atoms with E-state index >= 15 is 0 Å². The summed E-state index contributed by atoms with van der Waals surface area (Å²) in [7, 11) is 1.68. The summed E-state index contributed by atoms with van der Waals surface area (Å²) in [5, 5.41) is 14.6. The second-order valence-electron chi connectivity index (χ2n) is 3.45. The van der Waals surface area contributed by atoms with Crippen LogP contribution in [-0.2, 0) is 6.54 Å². The van der Waals surface area contributed by atoms with Gasteiger partial charge in [-0.2, -0.15) is 11.8 Å². The van der Waals surface area contributed by atoms with Crippen LogP contribution >= 0.6 is 23.1 Å². The number of methoxy groups -OCH3 is 1. The second-order valence-corrected chi connectivity index (χ2v) is 5.44. The Kier molecular flexibility index (Phi) is 6.87. The quantitative estimate of drug-likeness (QED) is 0.750. The van der Waals surface area contributed by atoms with Crippen LogP contribution in [0.2, 0.25) is 0 Å². The van der Waals surface area contributed by atoms with Crippen molar-refractivity contribution in [1.29, 1.82) is 0 Å². The third kappa shape index (κ3) is 4.33. The summed E-state index contributed by atoms with van der Waals surface area (Å²) in [6, 6.07) is 2.15. The minimum Gasteiger partial charge on any atom is -0.496 e. The number of rotatable bonds is 8. The van der Waals surface area contributed by atoms with Crippen LogP contribution in [0, 0.1) is 0 Å². The van der Waals surface area contributed by atoms with Crippen molar-refractivity contribution < 1.29 is 9.84 Å². The zero-order valence-corrected chi connectivity index (χ0v) is 11.4. The fraction of sp³-hybridized carbons (Fsp3) is 0.636. The summed E-state index contributed by atoms with van der Waals surface area (Å²) < 4.78 is 5.24. The zero-order chi connectivity index (χ0) is 11.8. The maximum absolute atomic E-state index is 9.21. The summed E-state index contributed by atoms with van der Waals surface area (Å²) in [6.07, 6.45) is 3.07. The third-order valence-corrected chi connectivity index (χ3v) is 3.91. The average Bonchev–Trinajstić information content (AvgIpc) is 2.77. The highest BCUT2D eigenvalue weighted by atomic mass is 32.2. The largest absolute Gasteiger partial charge is 0.496 e. The van der Waals surface area contributed by atoms with Crippen molar-refractivity contribution in [3.8, 4) is 5.75 Å². The van der Waals surface area contributed by atoms with Gasteiger partial charge >= 0.3 is 0 Å². The predicted molar refractivity (Wildman–Crippen MR) is 71.6 cm³/mol. The van der Waals surface area contributed by atoms with Gasteiger partial charge in [0.2, 0.25) is 0 Å². The van der Waals surface area contributed by atoms with Crippen LogP contribution in [0.4, 0.5) is 0 Å². The molecule has 0 amide bonds. The molecule has 1 rings (SSSR count). The number of aliphatic hydroxyl groups excluding tert-OH is 1. The van der Waals surface area contributed by atoms with Gasteiger partial charge in [-0.1, -0.05) is 0 Å². The molecular weight excluding hydrogens is 242 g/mol. The van der Waals surface area contributed by atoms with Crippen LogP contribution in [0.5, 0.6) is 5.75 Å². The van der Waals surface area contributed by atoms with E-state index in [4.69, 9.17) is 4.74 Å². The SMILES string of the molecule is COc1ccsc1CNC(CO)CCSC. The Balaban J connectivity index is 2.36. The first-order chi connectivity index (χ1) is 7.81. The molecule has 0 saturated heterocycles. The summed E-state index contributed by atoms with van der Waals surface area (Å²) in [5.41, 5.74) is 0. The molecule has 92 valence electrons. The molecule has 1 aromatic heterocycles. The molecule has 0 saturated carbocycles. The predicted octanol–water partition coefficient (Wildman–Crippen LogP) is 1.96. The van der Waals surface area contributed by atoms with Crippen molar-refractivity contribution in [3.63, 3.8) is 0 Å². The normalized spacial score (nSPS) is 12.7. The summed E-state index contributed by atoms with van der Waals surface area (Å²) in [5.74, 6) is 2.00. The van der Waals surface area contributed by atoms with Gasteiger partial charge in [-0.15, -0.1) is 11.3 Å². The molecule has 16 heavy (non-hydrogen) atoms. The highest BCUT2D eigenvalue weighted by molar-refractivity contribution is 7.98. The van der Waals surface area contributed by atoms with E-state index in [2.05, 4.69) is 11.6 Å². The zero-order valence-electron chi connectivity index (χ0n) is 9.73. The molecule has 0 bridgehead atoms. The number of hydrogen-bond acceptors (Lipinski definition) is 5. The molecular formula is C11H19NO2S2. The first-order valence-corrected chi connectivity index (χ1v) is 7.52. The van der Waals surface area contributed by atoms with Gasteiger partial charge in [0.1, 0.15) is 5.75 Å². The maximum atomic E-state index is 9.21. The first kappa shape index (κ1) is 13.8. The van der Waals surface area contributed by atoms with E-state index in [1.807, 2.05) is 11.4 Å². The monoisotopic (exact) mass is 261 g/mol. The Morgan fingerprint density at radius 2 is 2.44 bits per heavy atom. The Morgan fingerprint density at radius 1 is 1.62 bits per heavy atom. The number of thioether (sulfide) groups is 1. The van der Waals surface area contributed by atoms with Gasteiger partial charge in [-0.3, -0.25) is 0 Å². The Hall–Kier alpha value is -0.230. The van der Waals surface area contributed by atoms with E-state index in [1.165, 1.54) is 4.88 Å². The minimum absolute atomic E-state index is 0.180. The Bertz CT molecular complexity index is 291. The van der Waals surface area contributed by atoms with Gasteiger partial charge in [-0.25, -0.2) is 0 Å². The van der Waals surface area contributed by atoms with Gasteiger partial charge in [0.15, 0.2) is 0 Å². The Morgan fingerprint density at radius 3 is 3.06 bits per heavy atom. The van der Waals surface area contributed by atoms with E-state index < -0.39 is 0 Å². The maximum Gasteiger partial charge on any atom is 0.134 e. The molecule has 1 heterocycles. The molecule has 3 nitrogen and oxygen atoms in total. The number of ether oxygens (including phenoxy) is 1. The van der Waals surface area contributed by atoms with Crippen LogP contribution in [-0.4, -0.2) is 36.9 Å². The number of hydrogen-bond donors (Lipinski definition) is 2. The molecule has 0 aliphatic carbocycles. The number of nitrogens with one attached hydrogen (secondary N) is 1. The first-order valence-electron chi connectivity index (χ1n) is 5.25. The van der Waals surface area contributed by atoms with Crippen molar-refractivity contribution in [1.82, 2.24) is 5.32 Å². The van der Waals surface area contributed by atoms with Crippen molar-refractivity contribution in [2.75, 3.05) is 25.7 Å². The molecule has 0 aromatic carbocycles. The minimum atomic E-state index is 0.180. The van der Waals surface area contributed by atoms with Gasteiger partial charge in [0.25, 0.3) is 0 Å². The van der Waals surface area contributed by atoms with Crippen LogP contribution in [0.3, 0.4) is 0 Å². The molecule has 5 heteroatoms. The molecule has 0 fully saturated rings. The van der Waals surface area contributed by atoms with Crippen molar-refractivity contribution in [2.24, 2.45) is 0 Å². The van der Waals surface area contributed by atoms with Gasteiger partial charge in [0.05, 0.1) is 18.6 Å². The second kappa shape index (κ2) is 7.95. The van der Waals surface area contributed by atoms with Crippen molar-refractivity contribution in [3.05, 3.63) is 16.3 Å². The topological polar surface area (TPSA) is 41.5 Å². The van der Waals surface area contributed by atoms with Gasteiger partial charge < -0.3 is 15.2 Å². The summed E-state index contributed by atoms with van der Waals surface area (Å²) in [6.45, 7) is 0.953. The van der Waals surface area contributed by atoms with Crippen molar-refractivity contribution >= 4 is 23.1 Å². The standard InChI is InChI=1S/C11H19NO2S2/c1-14-10-4-6-16-11(10)7-12-9(8-13)3-5-15-2/h4,6,9,12-13H,3,5,7-8H2,1-2H3. The average molecular weight is 261 g/mol. The summed E-state index contributed by atoms with van der Waals surface area (Å²) in [4.78, 5) is 1.19. The van der Waals surface area contributed by atoms with Gasteiger partial charge in [0, 0.05) is 12.6 Å². The number of thiophene rings is 1. The lowest BCUT2D eigenvalue weighted by Gasteiger charge is -2.15. The highest BCUT2D eigenvalue weighted by Crippen LogP contribution is 2.24. The van der Waals surface area contributed by atoms with Crippen LogP contribution in [0.15, 0.2) is 11.4 Å². The van der Waals surface area contributed by atoms with E-state index in [0.29, 0.717) is 0 Å². The fourth-order valence-electron chi connectivity index (χ4n) is 1.39. The van der Waals surface area contributed by atoms with Crippen molar-refractivity contribution in [2.45, 2.75) is 19.0 Å². The van der Waals surface area contributed by atoms with E-state index in [1.54, 1.807) is 30.2 Å². The molecule has 0 aliphatic heterocycles. The molecule has 0 aliphatic rings. The van der Waals surface area contributed by atoms with Gasteiger partial charge in [-0.05, 0) is 29.9 Å². The van der Waals surface area contributed by atoms with Crippen LogP contribution in [0.1, 0.15) is 11.3 Å². The highest BCUT2D eigenvalue weighted by Gasteiger charge is 2.09. The Labute approximate surface area is 105 Å². The molecule has 0 spiro atoms. The molecule has 1 aromatic rings. The molecule has 1 atom stereocenters. The van der Waals surface area contributed by atoms with E-state index in [9.17, 15) is 5.11 Å². The van der Waals surface area contributed by atoms with E-state index in [0.717, 1.165) is 24.5 Å². The van der Waals surface area contributed by atoms with E-state index in [-0.39, 0.29) is 12.6 Å². The fourth-order valence-corrected chi connectivity index (χ4v) is 2.70. The van der Waals surface area contributed by atoms with Crippen LogP contribution < -0.4 is 10.1 Å². The smallest absolute Gasteiger partial charge is 0.134 e. The molecule has 2 N–H and O–H groups in total. The lowest BCUT2D eigenvalue weighted by Crippen LogP contribution is -2.32. The lowest BCUT2D eigenvalue weighted by atomic mass is 10.2. The molecule has 1 unspecified atom stereocenters.